The average molecular weight is 199 g/mol. The Labute approximate surface area is 108 Å². The lowest BCUT2D eigenvalue weighted by Crippen LogP contribution is -2.31. The van der Waals surface area contributed by atoms with Crippen molar-refractivity contribution in [1.82, 2.24) is 0 Å². The van der Waals surface area contributed by atoms with Crippen LogP contribution in [0.5, 0.6) is 0 Å². The largest absolute Gasteiger partial charge is 0.393 e. The molecule has 1 unspecified atom stereocenters. The van der Waals surface area contributed by atoms with Crippen LogP contribution < -0.4 is 0 Å². The van der Waals surface area contributed by atoms with Gasteiger partial charge in [0.2, 0.25) is 0 Å². The van der Waals surface area contributed by atoms with Gasteiger partial charge in [-0.2, -0.15) is 0 Å². The summed E-state index contributed by atoms with van der Waals surface area (Å²) in [5, 5.41) is 9.31. The van der Waals surface area contributed by atoms with E-state index in [9.17, 15) is 5.11 Å². The monoisotopic (exact) mass is 201 g/mol. The molecule has 0 spiro atoms. The fourth-order valence-electron chi connectivity index (χ4n) is 1.10. The molecule has 0 saturated heterocycles. The molecule has 0 rings (SSSR count). The lowest BCUT2D eigenvalue weighted by molar-refractivity contribution is 0.166. The van der Waals surface area contributed by atoms with E-state index in [2.05, 4.69) is 7.17 Å². The molecule has 0 aliphatic rings. The lowest BCUT2D eigenvalue weighted by Gasteiger charge is -2.05. The first-order chi connectivity index (χ1) is 7.81. The van der Waals surface area contributed by atoms with Gasteiger partial charge in [0.15, 0.2) is 0 Å². The van der Waals surface area contributed by atoms with Crippen LogP contribution in [0.4, 0.5) is 0 Å². The van der Waals surface area contributed by atoms with Gasteiger partial charge in [-0.1, -0.05) is 13.2 Å². The summed E-state index contributed by atoms with van der Waals surface area (Å²) in [4.78, 5) is 0. The molecule has 0 aromatic carbocycles. The van der Waals surface area contributed by atoms with E-state index < -0.39 is 0 Å². The van der Waals surface area contributed by atoms with Gasteiger partial charge in [0, 0.05) is 49.4 Å². The molecule has 0 aromatic rings. The van der Waals surface area contributed by atoms with E-state index >= 15 is 0 Å². The Bertz CT molecular complexity index is 137. The van der Waals surface area contributed by atoms with Crippen molar-refractivity contribution in [3.05, 3.63) is 0 Å². The summed E-state index contributed by atoms with van der Waals surface area (Å²) < 4.78 is 0. The average Bonchev–Trinajstić information content (AvgIpc) is 2.31. The predicted molar refractivity (Wildman–Crippen MR) is 83.4 cm³/mol. The van der Waals surface area contributed by atoms with Crippen molar-refractivity contribution in [2.75, 3.05) is 0 Å². The quantitative estimate of drug-likeness (QED) is 0.293. The number of hydrogen-bond donors (Lipinski definition) is 1. The molecule has 1 atom stereocenters. The maximum absolute atomic E-state index is 9.31. The SMILES string of the molecule is C[B][B][B][B][B][B][B][B][B]CCC(O)CC. The summed E-state index contributed by atoms with van der Waals surface area (Å²) in [6, 6.07) is 0. The third-order valence-electron chi connectivity index (χ3n) is 2.13. The van der Waals surface area contributed by atoms with Crippen molar-refractivity contribution >= 4 is 63.8 Å². The molecule has 71 valence electrons. The molecule has 0 heterocycles. The molecule has 1 N–H and O–H groups in total. The zero-order valence-electron chi connectivity index (χ0n) is 10.3. The molecule has 9 radical (unpaired) electrons. The van der Waals surface area contributed by atoms with Crippen LogP contribution in [0.3, 0.4) is 0 Å². The topological polar surface area (TPSA) is 20.2 Å². The molecular weight excluding hydrogens is 185 g/mol. The van der Waals surface area contributed by atoms with Crippen molar-refractivity contribution in [2.24, 2.45) is 0 Å². The smallest absolute Gasteiger partial charge is 0.0545 e. The van der Waals surface area contributed by atoms with E-state index in [1.54, 1.807) is 0 Å². The Morgan fingerprint density at radius 1 is 0.938 bits per heavy atom. The van der Waals surface area contributed by atoms with Gasteiger partial charge in [0.25, 0.3) is 0 Å². The highest BCUT2D eigenvalue weighted by Crippen LogP contribution is 1.99. The van der Waals surface area contributed by atoms with Crippen LogP contribution in [-0.2, 0) is 0 Å². The van der Waals surface area contributed by atoms with Gasteiger partial charge >= 0.3 is 0 Å². The van der Waals surface area contributed by atoms with Crippen LogP contribution in [0.25, 0.3) is 0 Å². The Morgan fingerprint density at radius 2 is 1.50 bits per heavy atom. The van der Waals surface area contributed by atoms with E-state index in [0.29, 0.717) is 0 Å². The molecule has 0 saturated carbocycles. The van der Waals surface area contributed by atoms with Crippen molar-refractivity contribution in [2.45, 2.75) is 39.0 Å². The molecule has 0 aliphatic carbocycles. The second-order valence-electron chi connectivity index (χ2n) is 3.56. The van der Waals surface area contributed by atoms with E-state index in [4.69, 9.17) is 0 Å². The third-order valence-corrected chi connectivity index (χ3v) is 2.13. The van der Waals surface area contributed by atoms with Gasteiger partial charge in [-0.3, -0.25) is 0 Å². The third kappa shape index (κ3) is 12.6. The van der Waals surface area contributed by atoms with E-state index in [1.165, 1.54) is 0 Å². The van der Waals surface area contributed by atoms with Crippen LogP contribution in [0, 0.1) is 0 Å². The maximum atomic E-state index is 9.31. The first-order valence-electron chi connectivity index (χ1n) is 5.93. The van der Waals surface area contributed by atoms with Gasteiger partial charge < -0.3 is 5.11 Å². The Balaban J connectivity index is 2.93. The van der Waals surface area contributed by atoms with Crippen LogP contribution in [0.15, 0.2) is 0 Å². The summed E-state index contributed by atoms with van der Waals surface area (Å²) >= 11 is 0. The van der Waals surface area contributed by atoms with Gasteiger partial charge in [0.05, 0.1) is 20.4 Å². The molecule has 0 bridgehead atoms. The molecule has 1 nitrogen and oxygen atoms in total. The van der Waals surface area contributed by atoms with Crippen molar-refractivity contribution in [3.63, 3.8) is 0 Å². The zero-order chi connectivity index (χ0) is 12.1. The Kier molecular flexibility index (Phi) is 14.1. The predicted octanol–water partition coefficient (Wildman–Crippen LogP) is -1.73. The number of hydrogen-bond acceptors (Lipinski definition) is 1. The minimum atomic E-state index is -0.149. The zero-order valence-corrected chi connectivity index (χ0v) is 10.3. The highest BCUT2D eigenvalue weighted by atomic mass is 16.3. The van der Waals surface area contributed by atoms with Crippen LogP contribution in [0.2, 0.25) is 13.1 Å². The van der Waals surface area contributed by atoms with E-state index in [-0.39, 0.29) is 6.10 Å². The van der Waals surface area contributed by atoms with Crippen molar-refractivity contribution < 1.29 is 5.11 Å². The fourth-order valence-corrected chi connectivity index (χ4v) is 1.10. The number of rotatable bonds is 12. The van der Waals surface area contributed by atoms with Gasteiger partial charge in [-0.15, -0.1) is 6.82 Å². The van der Waals surface area contributed by atoms with E-state index in [0.717, 1.165) is 19.2 Å². The minimum Gasteiger partial charge on any atom is -0.393 e. The Morgan fingerprint density at radius 3 is 2.06 bits per heavy atom. The number of aliphatic hydroxyl groups is 1. The summed E-state index contributed by atoms with van der Waals surface area (Å²) in [5.41, 5.74) is 0. The number of aliphatic hydroxyl groups excluding tert-OH is 1. The van der Waals surface area contributed by atoms with Crippen molar-refractivity contribution in [1.29, 1.82) is 0 Å². The highest BCUT2D eigenvalue weighted by molar-refractivity contribution is 7.67. The first-order valence-corrected chi connectivity index (χ1v) is 5.93. The standard InChI is InChI=1S/C6H14B9O/c1-3-6(16)4-5-8-10-12-14-15-13-11-9-7-2/h6,16H,3-5H2,1-2H3. The van der Waals surface area contributed by atoms with Gasteiger partial charge in [-0.05, 0) is 12.8 Å². The molecule has 0 aromatic heterocycles. The van der Waals surface area contributed by atoms with Crippen LogP contribution >= 0.6 is 0 Å². The van der Waals surface area contributed by atoms with Crippen molar-refractivity contribution in [3.8, 4) is 0 Å². The summed E-state index contributed by atoms with van der Waals surface area (Å²) in [7, 11) is 18.0. The molecule has 0 fully saturated rings. The maximum Gasteiger partial charge on any atom is 0.0545 e. The second-order valence-corrected chi connectivity index (χ2v) is 3.56. The lowest BCUT2D eigenvalue weighted by atomic mass is 8.89. The fraction of sp³-hybridized carbons (Fsp3) is 1.00. The normalized spacial score (nSPS) is 10.7. The first kappa shape index (κ1) is 16.5. The van der Waals surface area contributed by atoms with Gasteiger partial charge in [0.1, 0.15) is 0 Å². The highest BCUT2D eigenvalue weighted by Gasteiger charge is 2.01. The van der Waals surface area contributed by atoms with Gasteiger partial charge in [-0.25, -0.2) is 0 Å². The molecule has 16 heavy (non-hydrogen) atoms. The minimum absolute atomic E-state index is 0.149. The molecule has 0 amide bonds. The van der Waals surface area contributed by atoms with Crippen LogP contribution in [-0.4, -0.2) is 75.0 Å². The molecule has 0 aliphatic heterocycles. The molecule has 10 heteroatoms. The summed E-state index contributed by atoms with van der Waals surface area (Å²) in [6.45, 7) is 3.99. The van der Waals surface area contributed by atoms with Crippen LogP contribution in [0.1, 0.15) is 19.8 Å². The molecular formula is C6H14B9O. The summed E-state index contributed by atoms with van der Waals surface area (Å²) in [6.07, 6.45) is 2.48. The summed E-state index contributed by atoms with van der Waals surface area (Å²) in [5.74, 6) is 0. The second kappa shape index (κ2) is 13.6. The Hall–Kier alpha value is 0.544. The van der Waals surface area contributed by atoms with E-state index in [1.807, 2.05) is 70.3 Å².